The molecule has 0 aromatic heterocycles. The summed E-state index contributed by atoms with van der Waals surface area (Å²) in [5, 5.41) is 352. The van der Waals surface area contributed by atoms with Crippen LogP contribution in [0.15, 0.2) is 0 Å². The fourth-order valence-electron chi connectivity index (χ4n) is 18.3. The van der Waals surface area contributed by atoms with Gasteiger partial charge in [0.15, 0.2) is 69.2 Å². The summed E-state index contributed by atoms with van der Waals surface area (Å²) in [6.45, 7) is -9.00. The van der Waals surface area contributed by atoms with E-state index >= 15 is 0 Å². The molecule has 144 heavy (non-hydrogen) atoms. The fourth-order valence-corrected chi connectivity index (χ4v) is 18.3. The largest absolute Gasteiger partial charge is 0.394 e. The number of rotatable bonds is 42. The Hall–Kier alpha value is -5.26. The first-order valence-corrected chi connectivity index (χ1v) is 45.9. The van der Waals surface area contributed by atoms with Gasteiger partial charge in [-0.2, -0.15) is 0 Å². The molecule has 0 unspecified atom stereocenters. The molecule has 0 saturated carbocycles. The van der Waals surface area contributed by atoms with Gasteiger partial charge in [-0.15, -0.1) is 0 Å². The maximum Gasteiger partial charge on any atom is 0.217 e. The van der Waals surface area contributed by atoms with E-state index in [0.29, 0.717) is 0 Å². The second-order valence-corrected chi connectivity index (χ2v) is 36.0. The molecule has 36 N–H and O–H groups in total. The zero-order valence-corrected chi connectivity index (χ0v) is 77.4. The highest BCUT2D eigenvalue weighted by Crippen LogP contribution is 2.42. The summed E-state index contributed by atoms with van der Waals surface area (Å²) < 4.78 is 131. The SMILES string of the molecule is CC(=O)N[C@H]1[C@H](OC[C@H]2O[C@@H](O[C@H]3[C@H](O)[C@@H](NC(C)=O)[C@H](O[C@H]4[C@@H](O)[C@@H](CO[C@@H]5O[C@H](CO)[C@@H](O)[C@H](O)[C@H]5NC(C)=O)O[C@@H](O[C@H]5[C@H](O)[C@@H](NC(C)=O)[C@H](O[C@H]6[C@@H](O)[C@@H](CO)O[C@@H](O[C@H]7[C@H](O)[C@@H](O)[C@H](OC[C@@H](CO)NC=O)O[C@@H]7CO)[C@@H]6O)O[C@@H]5CO)[C@@H]4O)O[C@@H]3CO)[C@H](O)[C@@H](O[C@@H]3O[C@H](CO)[C@@H](O[C@@H]4O[C@H](CO)[C@H](O)[C@H](O)[C@H]4O)[C@H](O)[C@H]3NC(C)=O)[C@H]2O)O[C@H](CO)[C@@H](O[C@@H]2O[C@H](CO)[C@H](O)[C@H](O)[C@H]2O)[C@@H]1O. The summed E-state index contributed by atoms with van der Waals surface area (Å²) in [6.07, 6.45) is -106. The normalized spacial score (nSPS) is 47.3. The van der Waals surface area contributed by atoms with Crippen molar-refractivity contribution in [2.45, 2.75) is 378 Å². The molecule has 64 nitrogen and oxygen atoms in total. The van der Waals surface area contributed by atoms with Crippen molar-refractivity contribution in [1.82, 2.24) is 31.9 Å². The quantitative estimate of drug-likeness (QED) is 0.0252. The van der Waals surface area contributed by atoms with Crippen LogP contribution in [0, 0.1) is 0 Å². The van der Waals surface area contributed by atoms with Crippen LogP contribution in [0.1, 0.15) is 34.6 Å². The summed E-state index contributed by atoms with van der Waals surface area (Å²) in [4.78, 5) is 76.7. The molecule has 11 aliphatic rings. The third-order valence-corrected chi connectivity index (χ3v) is 25.9. The van der Waals surface area contributed by atoms with E-state index in [-0.39, 0.29) is 6.41 Å². The van der Waals surface area contributed by atoms with Crippen LogP contribution in [0.25, 0.3) is 0 Å². The molecule has 6 amide bonds. The number of hydrogen-bond acceptors (Lipinski definition) is 58. The Balaban J connectivity index is 0.894. The minimum absolute atomic E-state index is 0.233. The highest BCUT2D eigenvalue weighted by Gasteiger charge is 2.63. The Morgan fingerprint density at radius 3 is 0.729 bits per heavy atom. The summed E-state index contributed by atoms with van der Waals surface area (Å²) in [5.41, 5.74) is 0. The number of amides is 6. The van der Waals surface area contributed by atoms with Gasteiger partial charge in [0.1, 0.15) is 268 Å². The lowest BCUT2D eigenvalue weighted by molar-refractivity contribution is -0.392. The van der Waals surface area contributed by atoms with Gasteiger partial charge in [-0.1, -0.05) is 0 Å². The van der Waals surface area contributed by atoms with E-state index in [4.69, 9.17) is 104 Å². The lowest BCUT2D eigenvalue weighted by Crippen LogP contribution is -2.71. The monoisotopic (exact) mass is 2110 g/mol. The molecular formula is C80H134N6O58. The first-order chi connectivity index (χ1) is 68.3. The molecule has 11 rings (SSSR count). The average Bonchev–Trinajstić information content (AvgIpc) is 0.772. The lowest BCUT2D eigenvalue weighted by Gasteiger charge is -2.51. The molecule has 11 aliphatic heterocycles. The molecule has 56 atom stereocenters. The summed E-state index contributed by atoms with van der Waals surface area (Å²) in [7, 11) is 0. The van der Waals surface area contributed by atoms with E-state index in [1.165, 1.54) is 0 Å². The van der Waals surface area contributed by atoms with Gasteiger partial charge in [0.25, 0.3) is 0 Å². The number of aliphatic hydroxyl groups is 30. The molecule has 0 radical (unpaired) electrons. The average molecular weight is 2110 g/mol. The van der Waals surface area contributed by atoms with Crippen LogP contribution in [0.3, 0.4) is 0 Å². The molecule has 0 spiro atoms. The zero-order valence-electron chi connectivity index (χ0n) is 77.4. The molecule has 64 heteroatoms. The van der Waals surface area contributed by atoms with E-state index < -0.39 is 459 Å². The Morgan fingerprint density at radius 2 is 0.444 bits per heavy atom. The van der Waals surface area contributed by atoms with Crippen molar-refractivity contribution in [3.8, 4) is 0 Å². The maximum absolute atomic E-state index is 13.6. The summed E-state index contributed by atoms with van der Waals surface area (Å²) >= 11 is 0. The zero-order chi connectivity index (χ0) is 106. The van der Waals surface area contributed by atoms with Crippen LogP contribution >= 0.6 is 0 Å². The molecule has 0 aromatic rings. The van der Waals surface area contributed by atoms with Crippen molar-refractivity contribution in [2.75, 3.05) is 85.9 Å². The van der Waals surface area contributed by atoms with Crippen molar-refractivity contribution < 1.29 is 286 Å². The highest BCUT2D eigenvalue weighted by molar-refractivity contribution is 5.75. The van der Waals surface area contributed by atoms with Crippen LogP contribution in [-0.4, -0.2) is 619 Å². The number of carbonyl (C=O) groups excluding carboxylic acids is 6. The summed E-state index contributed by atoms with van der Waals surface area (Å²) in [5.74, 6) is -4.93. The number of nitrogens with one attached hydrogen (secondary N) is 6. The second-order valence-electron chi connectivity index (χ2n) is 36.0. The van der Waals surface area contributed by atoms with Gasteiger partial charge in [0.05, 0.1) is 91.9 Å². The van der Waals surface area contributed by atoms with Gasteiger partial charge < -0.3 is 289 Å². The Bertz CT molecular complexity index is 3980. The van der Waals surface area contributed by atoms with Gasteiger partial charge in [-0.3, -0.25) is 28.8 Å². The fraction of sp³-hybridized carbons (Fsp3) is 0.925. The molecule has 11 heterocycles. The van der Waals surface area contributed by atoms with Crippen molar-refractivity contribution in [2.24, 2.45) is 0 Å². The van der Waals surface area contributed by atoms with Gasteiger partial charge >= 0.3 is 0 Å². The van der Waals surface area contributed by atoms with Crippen LogP contribution < -0.4 is 31.9 Å². The lowest BCUT2D eigenvalue weighted by atomic mass is 9.93. The molecule has 11 fully saturated rings. The Morgan fingerprint density at radius 1 is 0.229 bits per heavy atom. The first kappa shape index (κ1) is 119. The van der Waals surface area contributed by atoms with Crippen LogP contribution in [0.4, 0.5) is 0 Å². The van der Waals surface area contributed by atoms with E-state index in [2.05, 4.69) is 31.9 Å². The molecule has 0 aliphatic carbocycles. The molecular weight excluding hydrogens is 1970 g/mol. The second kappa shape index (κ2) is 53.3. The Labute approximate surface area is 815 Å². The van der Waals surface area contributed by atoms with E-state index in [0.717, 1.165) is 34.6 Å². The number of carbonyl (C=O) groups is 6. The Kier molecular flexibility index (Phi) is 44.1. The van der Waals surface area contributed by atoms with E-state index in [9.17, 15) is 182 Å². The first-order valence-electron chi connectivity index (χ1n) is 45.9. The van der Waals surface area contributed by atoms with Crippen LogP contribution in [0.5, 0.6) is 0 Å². The van der Waals surface area contributed by atoms with Crippen molar-refractivity contribution in [3.63, 3.8) is 0 Å². The van der Waals surface area contributed by atoms with Crippen molar-refractivity contribution in [1.29, 1.82) is 0 Å². The molecule has 0 bridgehead atoms. The predicted molar refractivity (Wildman–Crippen MR) is 444 cm³/mol. The standard InChI is InChI=1S/C80H134N6O58/c1-20(98)82-37-48(109)42(103)26(7-88)126-70(37)124-17-35-46(107)68(60(121)79(135-35)139-64-32(13-94)132-72(40(51(64)112)85-23(4)101)142-67-45(106)29(10-91)129-78(59(67)120)141-66-34(15-96)134-75(58(119)55(66)116)123-16-25(6-87)81-19-97)144-74-41(86-24(5)102)52(113)65(33(14-95)133-74)140-80-61(122)69(143-73-39(84-22(3)100)50(111)63(31(12-93)131-73)138-77-57(118)54(115)44(105)28(9-90)128-77)47(108)36(136-80)18-125-71-38(83-21(2)99)49(110)62(30(11-92)130-71)137-76-56(117)53(114)43(104)27(8-89)127-76/h19,25-80,87-96,103-122H,6-18H2,1-5H3,(H,81,97)(H,82,98)(H,83,99)(H,84,100)(H,85,101)(H,86,102)/t25-,26-,27-,28-,29-,30-,31-,32-,33-,34-,35-,36-,37-,38-,39-,40-,41-,42-,43+,44+,45+,46+,47+,48-,49-,50-,51-,52-,53+,54+,55-,56-,57-,58-,59-,60-,61-,62-,63-,64-,65-,66-,67+,68+,69+,70-,71-,72+,73+,74+,75-,76+,77+,78+,79+,80+/m1/s1. The minimum atomic E-state index is -2.61. The van der Waals surface area contributed by atoms with Crippen molar-refractivity contribution in [3.05, 3.63) is 0 Å². The van der Waals surface area contributed by atoms with Crippen molar-refractivity contribution >= 4 is 35.9 Å². The summed E-state index contributed by atoms with van der Waals surface area (Å²) in [6, 6.07) is -11.0. The van der Waals surface area contributed by atoms with Crippen LogP contribution in [0.2, 0.25) is 0 Å². The maximum atomic E-state index is 13.6. The molecule has 0 aromatic carbocycles. The smallest absolute Gasteiger partial charge is 0.217 e. The molecule has 11 saturated heterocycles. The van der Waals surface area contributed by atoms with E-state index in [1.54, 1.807) is 0 Å². The predicted octanol–water partition coefficient (Wildman–Crippen LogP) is -25.1. The third kappa shape index (κ3) is 27.1. The minimum Gasteiger partial charge on any atom is -0.394 e. The number of hydrogen-bond donors (Lipinski definition) is 36. The van der Waals surface area contributed by atoms with Crippen LogP contribution in [-0.2, 0) is 133 Å². The van der Waals surface area contributed by atoms with Gasteiger partial charge in [-0.25, -0.2) is 0 Å². The number of aliphatic hydroxyl groups excluding tert-OH is 30. The van der Waals surface area contributed by atoms with Gasteiger partial charge in [0, 0.05) is 34.6 Å². The number of ether oxygens (including phenoxy) is 22. The van der Waals surface area contributed by atoms with Gasteiger partial charge in [0.2, 0.25) is 35.9 Å². The van der Waals surface area contributed by atoms with E-state index in [1.807, 2.05) is 0 Å². The van der Waals surface area contributed by atoms with Gasteiger partial charge in [-0.05, 0) is 0 Å². The topological polar surface area (TPSA) is 985 Å². The third-order valence-electron chi connectivity index (χ3n) is 25.9. The highest BCUT2D eigenvalue weighted by atomic mass is 16.8. The molecule has 832 valence electrons.